The van der Waals surface area contributed by atoms with E-state index in [4.69, 9.17) is 5.26 Å². The zero-order valence-electron chi connectivity index (χ0n) is 10.6. The van der Waals surface area contributed by atoms with Gasteiger partial charge < -0.3 is 9.72 Å². The molecule has 2 aromatic heterocycles. The molecule has 0 radical (unpaired) electrons. The Hall–Kier alpha value is -3.06. The second-order valence-corrected chi connectivity index (χ2v) is 4.33. The van der Waals surface area contributed by atoms with Crippen LogP contribution in [0.1, 0.15) is 16.1 Å². The van der Waals surface area contributed by atoms with Crippen LogP contribution in [-0.4, -0.2) is 10.3 Å². The number of pyridine rings is 1. The van der Waals surface area contributed by atoms with Gasteiger partial charge in [-0.25, -0.2) is 0 Å². The molecule has 20 heavy (non-hydrogen) atoms. The third-order valence-electron chi connectivity index (χ3n) is 3.06. The first-order valence-electron chi connectivity index (χ1n) is 6.16. The average molecular weight is 261 g/mol. The van der Waals surface area contributed by atoms with E-state index in [0.29, 0.717) is 11.3 Å². The lowest BCUT2D eigenvalue weighted by atomic mass is 10.2. The summed E-state index contributed by atoms with van der Waals surface area (Å²) >= 11 is 0. The van der Waals surface area contributed by atoms with Crippen molar-refractivity contribution in [3.63, 3.8) is 0 Å². The Bertz CT molecular complexity index is 813. The summed E-state index contributed by atoms with van der Waals surface area (Å²) in [5, 5.41) is 11.9. The minimum Gasteiger partial charge on any atom is -0.321 e. The molecule has 3 aromatic rings. The van der Waals surface area contributed by atoms with Gasteiger partial charge in [-0.1, -0.05) is 24.3 Å². The van der Waals surface area contributed by atoms with Crippen molar-refractivity contribution in [2.45, 2.75) is 0 Å². The summed E-state index contributed by atoms with van der Waals surface area (Å²) in [6.45, 7) is 0. The number of aromatic nitrogens is 1. The summed E-state index contributed by atoms with van der Waals surface area (Å²) in [5.41, 5.74) is 2.39. The summed E-state index contributed by atoms with van der Waals surface area (Å²) < 4.78 is 1.72. The molecule has 3 rings (SSSR count). The van der Waals surface area contributed by atoms with E-state index in [1.54, 1.807) is 16.7 Å². The van der Waals surface area contributed by atoms with E-state index in [1.165, 1.54) is 0 Å². The Kier molecular flexibility index (Phi) is 2.94. The van der Waals surface area contributed by atoms with Crippen LogP contribution in [-0.2, 0) is 0 Å². The molecule has 1 amide bonds. The number of benzene rings is 1. The van der Waals surface area contributed by atoms with Crippen molar-refractivity contribution in [1.29, 1.82) is 5.26 Å². The van der Waals surface area contributed by atoms with E-state index in [2.05, 4.69) is 11.4 Å². The number of carbonyl (C=O) groups is 1. The van der Waals surface area contributed by atoms with E-state index in [0.717, 1.165) is 11.2 Å². The molecule has 4 nitrogen and oxygen atoms in total. The predicted molar refractivity (Wildman–Crippen MR) is 76.5 cm³/mol. The summed E-state index contributed by atoms with van der Waals surface area (Å²) in [4.78, 5) is 12.3. The monoisotopic (exact) mass is 261 g/mol. The maximum absolute atomic E-state index is 12.3. The topological polar surface area (TPSA) is 57.3 Å². The molecule has 1 N–H and O–H groups in total. The molecule has 0 unspecified atom stereocenters. The van der Waals surface area contributed by atoms with Gasteiger partial charge in [0.2, 0.25) is 0 Å². The molecule has 0 spiro atoms. The van der Waals surface area contributed by atoms with Crippen molar-refractivity contribution in [2.24, 2.45) is 0 Å². The lowest BCUT2D eigenvalue weighted by Gasteiger charge is -2.05. The molecule has 0 atom stereocenters. The highest BCUT2D eigenvalue weighted by Gasteiger charge is 2.14. The minimum absolute atomic E-state index is 0.237. The van der Waals surface area contributed by atoms with Crippen LogP contribution in [0.3, 0.4) is 0 Å². The molecule has 0 aliphatic rings. The van der Waals surface area contributed by atoms with Crippen molar-refractivity contribution in [3.05, 3.63) is 72.1 Å². The average Bonchev–Trinajstić information content (AvgIpc) is 2.87. The van der Waals surface area contributed by atoms with E-state index in [1.807, 2.05) is 48.5 Å². The highest BCUT2D eigenvalue weighted by Crippen LogP contribution is 2.17. The number of nitriles is 1. The van der Waals surface area contributed by atoms with Gasteiger partial charge in [0.25, 0.3) is 5.91 Å². The van der Waals surface area contributed by atoms with Gasteiger partial charge in [-0.3, -0.25) is 4.79 Å². The van der Waals surface area contributed by atoms with Crippen LogP contribution in [0.2, 0.25) is 0 Å². The molecular formula is C16H11N3O. The van der Waals surface area contributed by atoms with Gasteiger partial charge in [0.15, 0.2) is 0 Å². The van der Waals surface area contributed by atoms with Gasteiger partial charge in [-0.15, -0.1) is 0 Å². The van der Waals surface area contributed by atoms with E-state index in [-0.39, 0.29) is 5.91 Å². The van der Waals surface area contributed by atoms with Gasteiger partial charge in [0.1, 0.15) is 11.8 Å². The van der Waals surface area contributed by atoms with Gasteiger partial charge in [0, 0.05) is 11.9 Å². The molecule has 0 aliphatic carbocycles. The van der Waals surface area contributed by atoms with E-state index >= 15 is 0 Å². The zero-order chi connectivity index (χ0) is 13.9. The van der Waals surface area contributed by atoms with Crippen LogP contribution in [0, 0.1) is 11.3 Å². The molecular weight excluding hydrogens is 250 g/mol. The van der Waals surface area contributed by atoms with Crippen LogP contribution in [0.4, 0.5) is 5.69 Å². The molecule has 0 aliphatic heterocycles. The molecule has 4 heteroatoms. The summed E-state index contributed by atoms with van der Waals surface area (Å²) in [6, 6.07) is 18.4. The summed E-state index contributed by atoms with van der Waals surface area (Å²) in [5.74, 6) is -0.237. The number of hydrogen-bond donors (Lipinski definition) is 1. The van der Waals surface area contributed by atoms with Crippen molar-refractivity contribution < 1.29 is 4.79 Å². The van der Waals surface area contributed by atoms with Gasteiger partial charge in [0.05, 0.1) is 11.1 Å². The first-order valence-corrected chi connectivity index (χ1v) is 6.16. The first kappa shape index (κ1) is 12.0. The van der Waals surface area contributed by atoms with E-state index in [9.17, 15) is 4.79 Å². The Morgan fingerprint density at radius 1 is 1.10 bits per heavy atom. The largest absolute Gasteiger partial charge is 0.321 e. The third-order valence-corrected chi connectivity index (χ3v) is 3.06. The second kappa shape index (κ2) is 4.90. The number of fused-ring (bicyclic) bond motifs is 1. The molecule has 1 aromatic carbocycles. The minimum atomic E-state index is -0.237. The lowest BCUT2D eigenvalue weighted by Crippen LogP contribution is -2.13. The molecule has 0 bridgehead atoms. The number of hydrogen-bond acceptors (Lipinski definition) is 2. The van der Waals surface area contributed by atoms with Crippen molar-refractivity contribution in [3.8, 4) is 6.07 Å². The summed E-state index contributed by atoms with van der Waals surface area (Å²) in [7, 11) is 0. The SMILES string of the molecule is N#Cc1cc(C(=O)Nc2ccccc2)n2ccccc12. The van der Waals surface area contributed by atoms with Crippen molar-refractivity contribution in [1.82, 2.24) is 4.40 Å². The lowest BCUT2D eigenvalue weighted by molar-refractivity contribution is 0.102. The first-order chi connectivity index (χ1) is 9.79. The molecule has 0 saturated carbocycles. The van der Waals surface area contributed by atoms with Crippen molar-refractivity contribution >= 4 is 17.1 Å². The number of para-hydroxylation sites is 1. The van der Waals surface area contributed by atoms with Gasteiger partial charge in [-0.2, -0.15) is 5.26 Å². The fourth-order valence-electron chi connectivity index (χ4n) is 2.13. The molecule has 96 valence electrons. The fraction of sp³-hybridized carbons (Fsp3) is 0. The van der Waals surface area contributed by atoms with Crippen LogP contribution in [0.15, 0.2) is 60.8 Å². The number of amides is 1. The standard InChI is InChI=1S/C16H11N3O/c17-11-12-10-15(19-9-5-4-8-14(12)19)16(20)18-13-6-2-1-3-7-13/h1-10H,(H,18,20). The van der Waals surface area contributed by atoms with Crippen LogP contribution < -0.4 is 5.32 Å². The predicted octanol–water partition coefficient (Wildman–Crippen LogP) is 3.06. The number of rotatable bonds is 2. The maximum atomic E-state index is 12.3. The van der Waals surface area contributed by atoms with Crippen molar-refractivity contribution in [2.75, 3.05) is 5.32 Å². The Labute approximate surface area is 115 Å². The Balaban J connectivity index is 2.02. The number of anilines is 1. The fourth-order valence-corrected chi connectivity index (χ4v) is 2.13. The quantitative estimate of drug-likeness (QED) is 0.770. The van der Waals surface area contributed by atoms with Crippen LogP contribution in [0.5, 0.6) is 0 Å². The highest BCUT2D eigenvalue weighted by atomic mass is 16.1. The third kappa shape index (κ3) is 2.02. The normalized spacial score (nSPS) is 10.2. The van der Waals surface area contributed by atoms with Crippen LogP contribution >= 0.6 is 0 Å². The number of nitrogens with one attached hydrogen (secondary N) is 1. The Morgan fingerprint density at radius 2 is 1.85 bits per heavy atom. The second-order valence-electron chi connectivity index (χ2n) is 4.33. The van der Waals surface area contributed by atoms with E-state index < -0.39 is 0 Å². The molecule has 0 saturated heterocycles. The smallest absolute Gasteiger partial charge is 0.272 e. The maximum Gasteiger partial charge on any atom is 0.272 e. The zero-order valence-corrected chi connectivity index (χ0v) is 10.6. The van der Waals surface area contributed by atoms with Crippen LogP contribution in [0.25, 0.3) is 5.52 Å². The molecule has 2 heterocycles. The number of carbonyl (C=O) groups excluding carboxylic acids is 1. The van der Waals surface area contributed by atoms with Gasteiger partial charge in [-0.05, 0) is 30.3 Å². The number of nitrogens with zero attached hydrogens (tertiary/aromatic N) is 2. The van der Waals surface area contributed by atoms with Gasteiger partial charge >= 0.3 is 0 Å². The Morgan fingerprint density at radius 3 is 2.60 bits per heavy atom. The highest BCUT2D eigenvalue weighted by molar-refractivity contribution is 6.04. The summed E-state index contributed by atoms with van der Waals surface area (Å²) in [6.07, 6.45) is 1.77. The molecule has 0 fully saturated rings.